The molecule has 1 rings (SSSR count). The van der Waals surface area contributed by atoms with Crippen LogP contribution >= 0.6 is 12.4 Å². The van der Waals surface area contributed by atoms with Crippen molar-refractivity contribution >= 4 is 18.3 Å². The summed E-state index contributed by atoms with van der Waals surface area (Å²) in [6, 6.07) is 0.455. The number of nitrogens with two attached hydrogens (primary N) is 1. The summed E-state index contributed by atoms with van der Waals surface area (Å²) in [5.41, 5.74) is 5.50. The van der Waals surface area contributed by atoms with Gasteiger partial charge < -0.3 is 10.6 Å². The van der Waals surface area contributed by atoms with E-state index in [0.717, 1.165) is 25.7 Å². The molecular weight excluding hydrogens is 236 g/mol. The molecule has 0 unspecified atom stereocenters. The van der Waals surface area contributed by atoms with Crippen LogP contribution in [0.5, 0.6) is 0 Å². The number of hydrogen-bond donors (Lipinski definition) is 1. The number of hydrogen-bond acceptors (Lipinski definition) is 2. The minimum absolute atomic E-state index is 0. The summed E-state index contributed by atoms with van der Waals surface area (Å²) < 4.78 is 0. The third kappa shape index (κ3) is 3.35. The van der Waals surface area contributed by atoms with Crippen molar-refractivity contribution in [1.82, 2.24) is 4.90 Å². The predicted molar refractivity (Wildman–Crippen MR) is 74.3 cm³/mol. The molecule has 0 bridgehead atoms. The lowest BCUT2D eigenvalue weighted by molar-refractivity contribution is -0.142. The molecule has 0 aromatic heterocycles. The normalized spacial score (nSPS) is 16.7. The lowest BCUT2D eigenvalue weighted by Crippen LogP contribution is -2.49. The average Bonchev–Trinajstić information content (AvgIpc) is 2.84. The van der Waals surface area contributed by atoms with Gasteiger partial charge in [0.1, 0.15) is 0 Å². The summed E-state index contributed by atoms with van der Waals surface area (Å²) in [7, 11) is 1.95. The van der Waals surface area contributed by atoms with Gasteiger partial charge in [0.05, 0.1) is 5.41 Å². The molecule has 0 aliphatic heterocycles. The SMILES string of the molecule is CCC(CC)(CN)C(=O)N(C)C1CCCC1.Cl. The Bertz CT molecular complexity index is 227. The van der Waals surface area contributed by atoms with Gasteiger partial charge in [0.25, 0.3) is 0 Å². The van der Waals surface area contributed by atoms with Gasteiger partial charge in [-0.05, 0) is 25.7 Å². The number of amides is 1. The molecule has 102 valence electrons. The molecule has 0 atom stereocenters. The number of rotatable bonds is 5. The molecule has 2 N–H and O–H groups in total. The van der Waals surface area contributed by atoms with Crippen LogP contribution in [-0.2, 0) is 4.79 Å². The van der Waals surface area contributed by atoms with E-state index in [1.54, 1.807) is 0 Å². The van der Waals surface area contributed by atoms with Crippen LogP contribution < -0.4 is 5.73 Å². The van der Waals surface area contributed by atoms with E-state index in [1.807, 2.05) is 11.9 Å². The summed E-state index contributed by atoms with van der Waals surface area (Å²) in [6.07, 6.45) is 6.53. The zero-order valence-electron chi connectivity index (χ0n) is 11.4. The highest BCUT2D eigenvalue weighted by Crippen LogP contribution is 2.31. The molecule has 3 nitrogen and oxygen atoms in total. The molecule has 1 fully saturated rings. The van der Waals surface area contributed by atoms with Crippen molar-refractivity contribution in [3.05, 3.63) is 0 Å². The Morgan fingerprint density at radius 1 is 1.29 bits per heavy atom. The lowest BCUT2D eigenvalue weighted by Gasteiger charge is -2.36. The quantitative estimate of drug-likeness (QED) is 0.828. The highest BCUT2D eigenvalue weighted by molar-refractivity contribution is 5.85. The van der Waals surface area contributed by atoms with Crippen molar-refractivity contribution in [3.63, 3.8) is 0 Å². The summed E-state index contributed by atoms with van der Waals surface area (Å²) in [6.45, 7) is 4.60. The molecule has 0 radical (unpaired) electrons. The van der Waals surface area contributed by atoms with Gasteiger partial charge in [-0.3, -0.25) is 4.79 Å². The van der Waals surface area contributed by atoms with E-state index in [1.165, 1.54) is 12.8 Å². The highest BCUT2D eigenvalue weighted by Gasteiger charge is 2.38. The molecule has 1 aliphatic rings. The van der Waals surface area contributed by atoms with E-state index >= 15 is 0 Å². The molecule has 0 aromatic rings. The second-order valence-electron chi connectivity index (χ2n) is 5.05. The number of carbonyl (C=O) groups is 1. The van der Waals surface area contributed by atoms with Gasteiger partial charge in [-0.1, -0.05) is 26.7 Å². The van der Waals surface area contributed by atoms with E-state index in [0.29, 0.717) is 12.6 Å². The van der Waals surface area contributed by atoms with Crippen LogP contribution in [0.1, 0.15) is 52.4 Å². The number of nitrogens with zero attached hydrogens (tertiary/aromatic N) is 1. The molecule has 0 saturated heterocycles. The number of halogens is 1. The van der Waals surface area contributed by atoms with Crippen LogP contribution in [0.2, 0.25) is 0 Å². The van der Waals surface area contributed by atoms with Gasteiger partial charge in [0.15, 0.2) is 0 Å². The fourth-order valence-corrected chi connectivity index (χ4v) is 2.76. The van der Waals surface area contributed by atoms with Gasteiger partial charge in [-0.15, -0.1) is 12.4 Å². The van der Waals surface area contributed by atoms with Gasteiger partial charge in [0, 0.05) is 19.6 Å². The fraction of sp³-hybridized carbons (Fsp3) is 0.923. The Morgan fingerprint density at radius 2 is 1.76 bits per heavy atom. The standard InChI is InChI=1S/C13H26N2O.ClH/c1-4-13(5-2,10-14)12(16)15(3)11-8-6-7-9-11;/h11H,4-10,14H2,1-3H3;1H. The topological polar surface area (TPSA) is 46.3 Å². The molecule has 0 spiro atoms. The maximum atomic E-state index is 12.5. The average molecular weight is 263 g/mol. The van der Waals surface area contributed by atoms with Crippen LogP contribution in [-0.4, -0.2) is 30.4 Å². The fourth-order valence-electron chi connectivity index (χ4n) is 2.76. The Balaban J connectivity index is 0.00000256. The van der Waals surface area contributed by atoms with Gasteiger partial charge in [-0.2, -0.15) is 0 Å². The Labute approximate surface area is 112 Å². The van der Waals surface area contributed by atoms with E-state index in [-0.39, 0.29) is 23.7 Å². The smallest absolute Gasteiger partial charge is 0.230 e. The zero-order valence-corrected chi connectivity index (χ0v) is 12.2. The summed E-state index contributed by atoms with van der Waals surface area (Å²) >= 11 is 0. The third-order valence-corrected chi connectivity index (χ3v) is 4.39. The molecule has 1 saturated carbocycles. The van der Waals surface area contributed by atoms with Crippen LogP contribution in [0.25, 0.3) is 0 Å². The summed E-state index contributed by atoms with van der Waals surface area (Å²) in [4.78, 5) is 14.5. The van der Waals surface area contributed by atoms with E-state index < -0.39 is 0 Å². The predicted octanol–water partition coefficient (Wildman–Crippen LogP) is 2.57. The van der Waals surface area contributed by atoms with Crippen molar-refractivity contribution in [1.29, 1.82) is 0 Å². The highest BCUT2D eigenvalue weighted by atomic mass is 35.5. The van der Waals surface area contributed by atoms with Crippen molar-refractivity contribution in [2.45, 2.75) is 58.4 Å². The summed E-state index contributed by atoms with van der Waals surface area (Å²) in [5, 5.41) is 0. The largest absolute Gasteiger partial charge is 0.342 e. The second-order valence-corrected chi connectivity index (χ2v) is 5.05. The van der Waals surface area contributed by atoms with Crippen LogP contribution in [0.4, 0.5) is 0 Å². The maximum absolute atomic E-state index is 12.5. The van der Waals surface area contributed by atoms with Crippen LogP contribution in [0.15, 0.2) is 0 Å². The lowest BCUT2D eigenvalue weighted by atomic mass is 9.80. The molecule has 0 aromatic carbocycles. The first-order chi connectivity index (χ1) is 7.61. The van der Waals surface area contributed by atoms with E-state index in [2.05, 4.69) is 13.8 Å². The molecule has 1 amide bonds. The Morgan fingerprint density at radius 3 is 2.12 bits per heavy atom. The number of carbonyl (C=O) groups excluding carboxylic acids is 1. The third-order valence-electron chi connectivity index (χ3n) is 4.39. The van der Waals surface area contributed by atoms with E-state index in [9.17, 15) is 4.79 Å². The Hall–Kier alpha value is -0.280. The molecular formula is C13H27ClN2O. The molecule has 4 heteroatoms. The monoisotopic (exact) mass is 262 g/mol. The van der Waals surface area contributed by atoms with Gasteiger partial charge in [0.2, 0.25) is 5.91 Å². The first-order valence-electron chi connectivity index (χ1n) is 6.58. The van der Waals surface area contributed by atoms with Crippen LogP contribution in [0, 0.1) is 5.41 Å². The van der Waals surface area contributed by atoms with Crippen molar-refractivity contribution in [3.8, 4) is 0 Å². The second kappa shape index (κ2) is 7.22. The molecule has 0 heterocycles. The zero-order chi connectivity index (χ0) is 12.2. The van der Waals surface area contributed by atoms with Gasteiger partial charge >= 0.3 is 0 Å². The molecule has 17 heavy (non-hydrogen) atoms. The maximum Gasteiger partial charge on any atom is 0.230 e. The van der Waals surface area contributed by atoms with Crippen molar-refractivity contribution in [2.75, 3.05) is 13.6 Å². The van der Waals surface area contributed by atoms with Gasteiger partial charge in [-0.25, -0.2) is 0 Å². The van der Waals surface area contributed by atoms with Crippen LogP contribution in [0.3, 0.4) is 0 Å². The first-order valence-corrected chi connectivity index (χ1v) is 6.58. The van der Waals surface area contributed by atoms with Crippen molar-refractivity contribution in [2.24, 2.45) is 11.1 Å². The van der Waals surface area contributed by atoms with Crippen molar-refractivity contribution < 1.29 is 4.79 Å². The minimum Gasteiger partial charge on any atom is -0.342 e. The van der Waals surface area contributed by atoms with E-state index in [4.69, 9.17) is 5.73 Å². The summed E-state index contributed by atoms with van der Waals surface area (Å²) in [5.74, 6) is 0.256. The Kier molecular flexibility index (Phi) is 7.10. The molecule has 1 aliphatic carbocycles. The minimum atomic E-state index is -0.322. The first kappa shape index (κ1) is 16.7.